The van der Waals surface area contributed by atoms with Crippen molar-refractivity contribution in [2.75, 3.05) is 5.32 Å². The Morgan fingerprint density at radius 1 is 0.962 bits per heavy atom. The molecule has 4 rings (SSSR count). The van der Waals surface area contributed by atoms with Gasteiger partial charge in [-0.2, -0.15) is 0 Å². The van der Waals surface area contributed by atoms with Crippen molar-refractivity contribution in [3.8, 4) is 22.9 Å². The number of amides is 1. The number of hydrogen-bond acceptors (Lipinski definition) is 6. The minimum absolute atomic E-state index is 0.211. The molecule has 0 atom stereocenters. The summed E-state index contributed by atoms with van der Waals surface area (Å²) in [5.41, 5.74) is 3.32. The van der Waals surface area contributed by atoms with Gasteiger partial charge < -0.3 is 4.42 Å². The van der Waals surface area contributed by atoms with Gasteiger partial charge in [-0.1, -0.05) is 17.7 Å². The van der Waals surface area contributed by atoms with E-state index >= 15 is 0 Å². The second-order valence-corrected chi connectivity index (χ2v) is 6.54. The van der Waals surface area contributed by atoms with Crippen LogP contribution in [0.4, 0.5) is 5.13 Å². The Morgan fingerprint density at radius 2 is 1.58 bits per heavy atom. The number of carbonyl (C=O) groups excluding carboxylic acids is 1. The van der Waals surface area contributed by atoms with E-state index < -0.39 is 0 Å². The molecule has 1 amide bonds. The standard InChI is InChI=1S/C19H14N4O2S/c1-12-2-4-14(5-3-12)17-22-23-18(25-17)15-8-6-13(7-9-15)16(24)21-19-20-10-11-26-19/h2-11H,1H3,(H,20,21,24). The van der Waals surface area contributed by atoms with Crippen LogP contribution in [0.3, 0.4) is 0 Å². The molecular weight excluding hydrogens is 348 g/mol. The van der Waals surface area contributed by atoms with Crippen molar-refractivity contribution >= 4 is 22.4 Å². The highest BCUT2D eigenvalue weighted by Gasteiger charge is 2.12. The number of hydrogen-bond donors (Lipinski definition) is 1. The van der Waals surface area contributed by atoms with E-state index in [1.165, 1.54) is 16.9 Å². The summed E-state index contributed by atoms with van der Waals surface area (Å²) in [4.78, 5) is 16.2. The van der Waals surface area contributed by atoms with Gasteiger partial charge in [-0.05, 0) is 43.3 Å². The van der Waals surface area contributed by atoms with Gasteiger partial charge in [-0.3, -0.25) is 10.1 Å². The molecule has 0 saturated carbocycles. The predicted molar refractivity (Wildman–Crippen MR) is 100.0 cm³/mol. The van der Waals surface area contributed by atoms with Crippen molar-refractivity contribution in [2.45, 2.75) is 6.92 Å². The molecule has 0 spiro atoms. The summed E-state index contributed by atoms with van der Waals surface area (Å²) in [5, 5.41) is 13.3. The third-order valence-corrected chi connectivity index (χ3v) is 4.46. The number of rotatable bonds is 4. The zero-order valence-electron chi connectivity index (χ0n) is 13.8. The first kappa shape index (κ1) is 16.2. The fraction of sp³-hybridized carbons (Fsp3) is 0.0526. The second kappa shape index (κ2) is 6.89. The Bertz CT molecular complexity index is 1020. The van der Waals surface area contributed by atoms with E-state index in [4.69, 9.17) is 4.42 Å². The van der Waals surface area contributed by atoms with Crippen LogP contribution in [-0.2, 0) is 0 Å². The molecule has 7 heteroatoms. The van der Waals surface area contributed by atoms with Gasteiger partial charge >= 0.3 is 0 Å². The fourth-order valence-corrected chi connectivity index (χ4v) is 2.90. The maximum absolute atomic E-state index is 12.2. The van der Waals surface area contributed by atoms with Gasteiger partial charge in [-0.15, -0.1) is 21.5 Å². The van der Waals surface area contributed by atoms with Gasteiger partial charge in [0.1, 0.15) is 0 Å². The molecule has 1 N–H and O–H groups in total. The van der Waals surface area contributed by atoms with Crippen molar-refractivity contribution in [3.05, 3.63) is 71.2 Å². The van der Waals surface area contributed by atoms with Gasteiger partial charge in [0.05, 0.1) is 0 Å². The number of nitrogens with zero attached hydrogens (tertiary/aromatic N) is 3. The van der Waals surface area contributed by atoms with E-state index in [2.05, 4.69) is 20.5 Å². The molecule has 0 radical (unpaired) electrons. The largest absolute Gasteiger partial charge is 0.416 e. The molecule has 2 aromatic heterocycles. The van der Waals surface area contributed by atoms with Crippen molar-refractivity contribution in [3.63, 3.8) is 0 Å². The van der Waals surface area contributed by atoms with Crippen molar-refractivity contribution in [1.29, 1.82) is 0 Å². The Hall–Kier alpha value is -3.32. The number of aromatic nitrogens is 3. The molecule has 0 saturated heterocycles. The first-order chi connectivity index (χ1) is 12.7. The maximum Gasteiger partial charge on any atom is 0.257 e. The summed E-state index contributed by atoms with van der Waals surface area (Å²) >= 11 is 1.37. The van der Waals surface area contributed by atoms with E-state index in [9.17, 15) is 4.79 Å². The van der Waals surface area contributed by atoms with E-state index in [0.717, 1.165) is 11.1 Å². The highest BCUT2D eigenvalue weighted by Crippen LogP contribution is 2.24. The zero-order valence-corrected chi connectivity index (χ0v) is 14.7. The lowest BCUT2D eigenvalue weighted by molar-refractivity contribution is 0.102. The maximum atomic E-state index is 12.2. The second-order valence-electron chi connectivity index (χ2n) is 5.65. The molecule has 0 aliphatic heterocycles. The van der Waals surface area contributed by atoms with Crippen LogP contribution in [0.1, 0.15) is 15.9 Å². The lowest BCUT2D eigenvalue weighted by atomic mass is 10.1. The van der Waals surface area contributed by atoms with Gasteiger partial charge in [-0.25, -0.2) is 4.98 Å². The van der Waals surface area contributed by atoms with Crippen molar-refractivity contribution in [2.24, 2.45) is 0 Å². The topological polar surface area (TPSA) is 80.9 Å². The molecule has 128 valence electrons. The molecular formula is C19H14N4O2S. The van der Waals surface area contributed by atoms with E-state index in [-0.39, 0.29) is 5.91 Å². The molecule has 26 heavy (non-hydrogen) atoms. The SMILES string of the molecule is Cc1ccc(-c2nnc(-c3ccc(C(=O)Nc4nccs4)cc3)o2)cc1. The Balaban J connectivity index is 1.52. The normalized spacial score (nSPS) is 10.7. The first-order valence-corrected chi connectivity index (χ1v) is 8.79. The summed E-state index contributed by atoms with van der Waals surface area (Å²) in [6.07, 6.45) is 1.64. The molecule has 6 nitrogen and oxygen atoms in total. The van der Waals surface area contributed by atoms with Gasteiger partial charge in [0, 0.05) is 28.3 Å². The summed E-state index contributed by atoms with van der Waals surface area (Å²) in [7, 11) is 0. The van der Waals surface area contributed by atoms with Gasteiger partial charge in [0.25, 0.3) is 5.91 Å². The summed E-state index contributed by atoms with van der Waals surface area (Å²) < 4.78 is 5.75. The molecule has 0 aliphatic carbocycles. The first-order valence-electron chi connectivity index (χ1n) is 7.91. The fourth-order valence-electron chi connectivity index (χ4n) is 2.37. The third-order valence-electron chi connectivity index (χ3n) is 3.77. The summed E-state index contributed by atoms with van der Waals surface area (Å²) in [6.45, 7) is 2.02. The highest BCUT2D eigenvalue weighted by atomic mass is 32.1. The van der Waals surface area contributed by atoms with Crippen LogP contribution < -0.4 is 5.32 Å². The molecule has 0 fully saturated rings. The molecule has 0 unspecified atom stereocenters. The van der Waals surface area contributed by atoms with E-state index in [0.29, 0.717) is 22.5 Å². The minimum Gasteiger partial charge on any atom is -0.416 e. The Labute approximate surface area is 153 Å². The number of thiazole rings is 1. The number of aryl methyl sites for hydroxylation is 1. The smallest absolute Gasteiger partial charge is 0.257 e. The lowest BCUT2D eigenvalue weighted by Gasteiger charge is -2.02. The van der Waals surface area contributed by atoms with Crippen LogP contribution in [0.2, 0.25) is 0 Å². The summed E-state index contributed by atoms with van der Waals surface area (Å²) in [5.74, 6) is 0.662. The monoisotopic (exact) mass is 362 g/mol. The lowest BCUT2D eigenvalue weighted by Crippen LogP contribution is -2.11. The average molecular weight is 362 g/mol. The van der Waals surface area contributed by atoms with Crippen molar-refractivity contribution in [1.82, 2.24) is 15.2 Å². The Morgan fingerprint density at radius 3 is 2.15 bits per heavy atom. The van der Waals surface area contributed by atoms with Gasteiger partial charge in [0.2, 0.25) is 11.8 Å². The van der Waals surface area contributed by atoms with Crippen molar-refractivity contribution < 1.29 is 9.21 Å². The molecule has 0 aliphatic rings. The zero-order chi connectivity index (χ0) is 17.9. The minimum atomic E-state index is -0.211. The molecule has 0 bridgehead atoms. The molecule has 2 aromatic carbocycles. The highest BCUT2D eigenvalue weighted by molar-refractivity contribution is 7.13. The number of carbonyl (C=O) groups is 1. The quantitative estimate of drug-likeness (QED) is 0.581. The number of anilines is 1. The molecule has 2 heterocycles. The van der Waals surface area contributed by atoms with Crippen LogP contribution in [0, 0.1) is 6.92 Å². The van der Waals surface area contributed by atoms with Crippen LogP contribution in [-0.4, -0.2) is 21.1 Å². The number of benzene rings is 2. The molecule has 4 aromatic rings. The van der Waals surface area contributed by atoms with E-state index in [1.807, 2.05) is 31.2 Å². The van der Waals surface area contributed by atoms with Crippen LogP contribution in [0.25, 0.3) is 22.9 Å². The Kier molecular flexibility index (Phi) is 4.28. The van der Waals surface area contributed by atoms with Crippen LogP contribution >= 0.6 is 11.3 Å². The predicted octanol–water partition coefficient (Wildman–Crippen LogP) is 4.42. The summed E-state index contributed by atoms with van der Waals surface area (Å²) in [6, 6.07) is 14.9. The third kappa shape index (κ3) is 3.38. The van der Waals surface area contributed by atoms with Crippen LogP contribution in [0.5, 0.6) is 0 Å². The van der Waals surface area contributed by atoms with E-state index in [1.54, 1.807) is 35.8 Å². The number of nitrogens with one attached hydrogen (secondary N) is 1. The van der Waals surface area contributed by atoms with Gasteiger partial charge in [0.15, 0.2) is 5.13 Å². The average Bonchev–Trinajstić information content (AvgIpc) is 3.34. The van der Waals surface area contributed by atoms with Crippen LogP contribution in [0.15, 0.2) is 64.5 Å².